The van der Waals surface area contributed by atoms with Crippen LogP contribution in [0.1, 0.15) is 96.6 Å². The summed E-state index contributed by atoms with van der Waals surface area (Å²) in [7, 11) is 9.87. The Morgan fingerprint density at radius 2 is 1.44 bits per heavy atom. The molecule has 5 aliphatic rings. The van der Waals surface area contributed by atoms with Gasteiger partial charge in [0.05, 0.1) is 0 Å². The Kier molecular flexibility index (Phi) is 13.2. The van der Waals surface area contributed by atoms with Crippen LogP contribution in [-0.4, -0.2) is 5.25 Å². The first kappa shape index (κ1) is 34.3. The fraction of sp³-hybridized carbons (Fsp3) is 0.714. The molecule has 0 radical (unpaired) electrons. The van der Waals surface area contributed by atoms with Gasteiger partial charge in [-0.25, -0.2) is 0 Å². The van der Waals surface area contributed by atoms with Crippen LogP contribution < -0.4 is 0 Å². The van der Waals surface area contributed by atoms with Crippen molar-refractivity contribution in [2.45, 2.75) is 97.7 Å². The molecule has 6 rings (SSSR count). The molecule has 0 bridgehead atoms. The number of hydrogen-bond acceptors (Lipinski definition) is 1. The van der Waals surface area contributed by atoms with E-state index < -0.39 is 20.8 Å². The van der Waals surface area contributed by atoms with Crippen LogP contribution in [0.25, 0.3) is 5.57 Å². The normalized spacial score (nSPS) is 39.2. The van der Waals surface area contributed by atoms with Crippen molar-refractivity contribution in [2.24, 2.45) is 59.2 Å². The van der Waals surface area contributed by atoms with Gasteiger partial charge in [-0.3, -0.25) is 0 Å². The van der Waals surface area contributed by atoms with E-state index >= 15 is 0 Å². The third kappa shape index (κ3) is 6.96. The Hall–Kier alpha value is 0.773. The molecular formula is C35H54Cl2SZr. The molecule has 0 spiro atoms. The second kappa shape index (κ2) is 15.0. The number of halogens is 2. The average molecular weight is 669 g/mol. The van der Waals surface area contributed by atoms with Crippen LogP contribution in [0.4, 0.5) is 0 Å². The van der Waals surface area contributed by atoms with Gasteiger partial charge in [-0.2, -0.15) is 0 Å². The molecule has 39 heavy (non-hydrogen) atoms. The van der Waals surface area contributed by atoms with E-state index in [2.05, 4.69) is 70.6 Å². The van der Waals surface area contributed by atoms with Crippen molar-refractivity contribution in [3.05, 3.63) is 55.2 Å². The molecule has 4 fully saturated rings. The summed E-state index contributed by atoms with van der Waals surface area (Å²) in [6.45, 7) is 12.6. The van der Waals surface area contributed by atoms with Crippen molar-refractivity contribution < 1.29 is 20.8 Å². The zero-order valence-corrected chi connectivity index (χ0v) is 30.5. The second-order valence-electron chi connectivity index (χ2n) is 13.6. The van der Waals surface area contributed by atoms with Gasteiger partial charge in [0.15, 0.2) is 0 Å². The van der Waals surface area contributed by atoms with E-state index in [-0.39, 0.29) is 14.9 Å². The van der Waals surface area contributed by atoms with Gasteiger partial charge in [0.25, 0.3) is 0 Å². The van der Waals surface area contributed by atoms with Crippen LogP contribution >= 0.6 is 28.8 Å². The summed E-state index contributed by atoms with van der Waals surface area (Å²) in [5.41, 5.74) is 4.73. The predicted molar refractivity (Wildman–Crippen MR) is 173 cm³/mol. The van der Waals surface area contributed by atoms with Crippen molar-refractivity contribution in [1.82, 2.24) is 0 Å². The average Bonchev–Trinajstić information content (AvgIpc) is 3.62. The molecule has 1 aromatic carbocycles. The first-order valence-electron chi connectivity index (χ1n) is 15.2. The zero-order valence-electron chi connectivity index (χ0n) is 25.7. The topological polar surface area (TPSA) is 0 Å². The van der Waals surface area contributed by atoms with Gasteiger partial charge in [0.1, 0.15) is 0 Å². The minimum atomic E-state index is -0.826. The van der Waals surface area contributed by atoms with Gasteiger partial charge >= 0.3 is 37.9 Å². The Labute approximate surface area is 265 Å². The number of fused-ring (bicyclic) bond motifs is 2. The molecule has 1 aromatic rings. The number of rotatable bonds is 4. The molecule has 0 aromatic heterocycles. The first-order valence-corrected chi connectivity index (χ1v) is 22.4. The van der Waals surface area contributed by atoms with Gasteiger partial charge in [-0.1, -0.05) is 70.7 Å². The van der Waals surface area contributed by atoms with Crippen molar-refractivity contribution >= 4 is 34.4 Å². The molecule has 1 heterocycles. The molecule has 4 heteroatoms. The van der Waals surface area contributed by atoms with Crippen molar-refractivity contribution in [3.8, 4) is 0 Å². The van der Waals surface area contributed by atoms with Crippen LogP contribution in [0.3, 0.4) is 0 Å². The van der Waals surface area contributed by atoms with Crippen molar-refractivity contribution in [1.29, 1.82) is 0 Å². The Morgan fingerprint density at radius 1 is 0.821 bits per heavy atom. The molecule has 0 nitrogen and oxygen atoms in total. The summed E-state index contributed by atoms with van der Waals surface area (Å²) in [4.78, 5) is 1.63. The van der Waals surface area contributed by atoms with E-state index in [9.17, 15) is 0 Å². The summed E-state index contributed by atoms with van der Waals surface area (Å²) in [5.74, 6) is 9.73. The van der Waals surface area contributed by atoms with E-state index in [0.29, 0.717) is 0 Å². The van der Waals surface area contributed by atoms with E-state index in [1.807, 2.05) is 0 Å². The molecular weight excluding hydrogens is 615 g/mol. The van der Waals surface area contributed by atoms with E-state index in [0.717, 1.165) is 64.4 Å². The summed E-state index contributed by atoms with van der Waals surface area (Å²) < 4.78 is 0. The number of hydrogen-bond donors (Lipinski definition) is 0. The fourth-order valence-electron chi connectivity index (χ4n) is 10.2. The van der Waals surface area contributed by atoms with E-state index in [4.69, 9.17) is 17.0 Å². The molecule has 0 N–H and O–H groups in total. The van der Waals surface area contributed by atoms with Gasteiger partial charge in [-0.15, -0.1) is 11.8 Å². The SMILES string of the molecule is CC1=C(c2ccccc2C)C2CC(C)C(CC3C(C)CC4C(C5CCCC5)CC(C)CC34)C2S1.[CH3-].[CH3-].[Cl][Zr+2][Cl]. The van der Waals surface area contributed by atoms with Gasteiger partial charge in [-0.05, 0) is 127 Å². The standard InChI is InChI=1S/C33H48S.2CH3.2ClH.Zr/c1-19-14-28(24-11-7-8-12-24)30-16-21(3)26(29(30)15-19)18-27-22(4)17-31-32(23(5)34-33(27)31)25-13-9-6-10-20(25)2;;;;;/h6,9-10,13,19,21-22,24,26-31,33H,7-8,11-12,14-18H2,1-5H3;2*1H3;2*1H;/q;2*-1;;;+4/p-2. The third-order valence-electron chi connectivity index (χ3n) is 11.6. The number of aryl methyl sites for hydroxylation is 1. The predicted octanol–water partition coefficient (Wildman–Crippen LogP) is 11.9. The molecule has 10 atom stereocenters. The van der Waals surface area contributed by atoms with E-state index in [1.54, 1.807) is 41.7 Å². The van der Waals surface area contributed by atoms with Gasteiger partial charge in [0.2, 0.25) is 0 Å². The third-order valence-corrected chi connectivity index (χ3v) is 13.1. The quantitative estimate of drug-likeness (QED) is 0.288. The van der Waals surface area contributed by atoms with Crippen molar-refractivity contribution in [2.75, 3.05) is 0 Å². The molecule has 218 valence electrons. The van der Waals surface area contributed by atoms with Crippen LogP contribution in [0.5, 0.6) is 0 Å². The zero-order chi connectivity index (χ0) is 26.3. The summed E-state index contributed by atoms with van der Waals surface area (Å²) >= 11 is 1.45. The maximum atomic E-state index is 4.93. The summed E-state index contributed by atoms with van der Waals surface area (Å²) in [6.07, 6.45) is 13.7. The van der Waals surface area contributed by atoms with Crippen LogP contribution in [0.15, 0.2) is 29.2 Å². The number of allylic oxidation sites excluding steroid dienone is 2. The van der Waals surface area contributed by atoms with E-state index in [1.165, 1.54) is 37.7 Å². The fourth-order valence-corrected chi connectivity index (χ4v) is 11.9. The summed E-state index contributed by atoms with van der Waals surface area (Å²) in [5, 5.41) is 0.836. The van der Waals surface area contributed by atoms with Gasteiger partial charge in [0, 0.05) is 5.25 Å². The van der Waals surface area contributed by atoms with Gasteiger partial charge < -0.3 is 14.9 Å². The second-order valence-corrected chi connectivity index (χ2v) is 18.8. The van der Waals surface area contributed by atoms with Crippen molar-refractivity contribution in [3.63, 3.8) is 0 Å². The van der Waals surface area contributed by atoms with Crippen LogP contribution in [0, 0.1) is 81.0 Å². The monoisotopic (exact) mass is 666 g/mol. The number of thioether (sulfide) groups is 1. The molecule has 1 aliphatic heterocycles. The van der Waals surface area contributed by atoms with Crippen LogP contribution in [-0.2, 0) is 20.8 Å². The molecule has 0 amide bonds. The Morgan fingerprint density at radius 3 is 2.10 bits per heavy atom. The Balaban J connectivity index is 0.000000805. The minimum absolute atomic E-state index is 0. The Bertz CT molecular complexity index is 956. The molecule has 0 saturated heterocycles. The molecule has 4 aliphatic carbocycles. The number of benzene rings is 1. The van der Waals surface area contributed by atoms with Crippen LogP contribution in [0.2, 0.25) is 0 Å². The maximum absolute atomic E-state index is 4.93. The molecule has 4 saturated carbocycles. The molecule has 10 unspecified atom stereocenters. The summed E-state index contributed by atoms with van der Waals surface area (Å²) in [6, 6.07) is 9.16. The first-order chi connectivity index (χ1) is 17.8.